The third-order valence-electron chi connectivity index (χ3n) is 8.59. The first-order chi connectivity index (χ1) is 25.9. The van der Waals surface area contributed by atoms with Gasteiger partial charge < -0.3 is 24.2 Å². The molecule has 5 rings (SSSR count). The van der Waals surface area contributed by atoms with Crippen LogP contribution in [0.4, 0.5) is 0 Å². The van der Waals surface area contributed by atoms with Crippen molar-refractivity contribution >= 4 is 0 Å². The Morgan fingerprint density at radius 2 is 1.52 bits per heavy atom. The Balaban J connectivity index is 0.000000253. The largest absolute Gasteiger partial charge is 0.497 e. The van der Waals surface area contributed by atoms with Gasteiger partial charge in [-0.05, 0) is 82.0 Å². The Labute approximate surface area is 266 Å². The number of rotatable bonds is 7. The lowest BCUT2D eigenvalue weighted by atomic mass is 9.71. The molecule has 1 heterocycles. The van der Waals surface area contributed by atoms with Crippen molar-refractivity contribution in [3.63, 3.8) is 0 Å². The van der Waals surface area contributed by atoms with Crippen molar-refractivity contribution in [1.82, 2.24) is 9.80 Å². The topological polar surface area (TPSA) is 54.4 Å². The van der Waals surface area contributed by atoms with E-state index >= 15 is 0 Å². The zero-order valence-corrected chi connectivity index (χ0v) is 22.8. The quantitative estimate of drug-likeness (QED) is 0.414. The van der Waals surface area contributed by atoms with Crippen LogP contribution in [-0.4, -0.2) is 80.9 Å². The molecule has 1 saturated heterocycles. The average Bonchev–Trinajstić information content (AvgIpc) is 3.03. The van der Waals surface area contributed by atoms with E-state index in [9.17, 15) is 5.11 Å². The van der Waals surface area contributed by atoms with E-state index in [0.717, 1.165) is 49.0 Å². The summed E-state index contributed by atoms with van der Waals surface area (Å²) in [6.07, 6.45) is 7.45. The van der Waals surface area contributed by atoms with Crippen LogP contribution in [0.15, 0.2) is 48.5 Å². The second-order valence-corrected chi connectivity index (χ2v) is 11.2. The molecule has 1 aliphatic heterocycles. The van der Waals surface area contributed by atoms with Gasteiger partial charge in [0.2, 0.25) is 0 Å². The summed E-state index contributed by atoms with van der Waals surface area (Å²) in [6.45, 7) is -11.1. The molecule has 2 unspecified atom stereocenters. The number of methoxy groups -OCH3 is 2. The summed E-state index contributed by atoms with van der Waals surface area (Å²) < 4.78 is 144. The highest BCUT2D eigenvalue weighted by Gasteiger charge is 2.45. The van der Waals surface area contributed by atoms with E-state index in [4.69, 9.17) is 37.5 Å². The van der Waals surface area contributed by atoms with Crippen LogP contribution < -0.4 is 9.47 Å². The van der Waals surface area contributed by atoms with Crippen LogP contribution in [0.5, 0.6) is 11.5 Å². The molecule has 2 aromatic rings. The fraction of sp³-hybridized carbons (Fsp3) is 0.647. The van der Waals surface area contributed by atoms with Gasteiger partial charge in [-0.3, -0.25) is 4.90 Å². The Morgan fingerprint density at radius 3 is 2.10 bits per heavy atom. The smallest absolute Gasteiger partial charge is 0.118 e. The molecule has 2 atom stereocenters. The molecular weight excluding hydrogens is 500 g/mol. The lowest BCUT2D eigenvalue weighted by molar-refractivity contribution is -0.161. The highest BCUT2D eigenvalue weighted by molar-refractivity contribution is 5.33. The van der Waals surface area contributed by atoms with Crippen molar-refractivity contribution < 1.29 is 42.6 Å². The van der Waals surface area contributed by atoms with E-state index in [1.165, 1.54) is 12.1 Å². The van der Waals surface area contributed by atoms with E-state index in [0.29, 0.717) is 36.1 Å². The Hall–Kier alpha value is -2.12. The molecule has 0 amide bonds. The van der Waals surface area contributed by atoms with Crippen LogP contribution in [0.2, 0.25) is 0 Å². The van der Waals surface area contributed by atoms with Crippen LogP contribution in [0.25, 0.3) is 0 Å². The van der Waals surface area contributed by atoms with Gasteiger partial charge in [0.25, 0.3) is 0 Å². The molecule has 6 heteroatoms. The van der Waals surface area contributed by atoms with E-state index in [1.807, 2.05) is 0 Å². The van der Waals surface area contributed by atoms with E-state index in [1.54, 1.807) is 36.4 Å². The summed E-state index contributed by atoms with van der Waals surface area (Å²) in [6, 6.07) is 12.5. The second-order valence-electron chi connectivity index (χ2n) is 11.2. The molecule has 6 nitrogen and oxygen atoms in total. The number of hydrogen-bond donors (Lipinski definition) is 1. The van der Waals surface area contributed by atoms with Crippen LogP contribution in [0, 0.1) is 0 Å². The first-order valence-electron chi connectivity index (χ1n) is 22.5. The minimum atomic E-state index is -2.86. The summed E-state index contributed by atoms with van der Waals surface area (Å²) in [5, 5.41) is 11.3. The number of benzene rings is 2. The van der Waals surface area contributed by atoms with Crippen LogP contribution in [0.3, 0.4) is 0 Å². The molecule has 3 fully saturated rings. The monoisotopic (exact) mass is 569 g/mol. The summed E-state index contributed by atoms with van der Waals surface area (Å²) >= 11 is 0. The van der Waals surface area contributed by atoms with Gasteiger partial charge in [-0.1, -0.05) is 62.8 Å². The summed E-state index contributed by atoms with van der Waals surface area (Å²) in [5.74, 6) is -0.822. The standard InChI is InChI=1S/C17H25NO2.C17H27NO2/c1-18-12-16(14-6-8-15(19-2)9-7-14)17(20-13-18)10-4-3-5-11-17;1-18(2)13-16(17(19)11-5-4-6-12-17)14-7-9-15(20-3)10-8-14/h6-9,16H,3-5,10-13H2,1-2H3;7-10,16,19H,4-6,11-13H2,1-3H3/i1D3,2D3,13D2;1D3,2D3,3D3. The molecule has 2 aromatic carbocycles. The Bertz CT molecular complexity index is 1560. The Morgan fingerprint density at radius 1 is 0.925 bits per heavy atom. The fourth-order valence-corrected chi connectivity index (χ4v) is 6.43. The van der Waals surface area contributed by atoms with Gasteiger partial charge in [-0.25, -0.2) is 0 Å². The highest BCUT2D eigenvalue weighted by Crippen LogP contribution is 2.45. The number of hydrogen-bond acceptors (Lipinski definition) is 6. The fourth-order valence-electron chi connectivity index (χ4n) is 6.43. The van der Waals surface area contributed by atoms with E-state index in [2.05, 4.69) is 0 Å². The highest BCUT2D eigenvalue weighted by atomic mass is 16.5. The zero-order valence-electron chi connectivity index (χ0n) is 39.8. The van der Waals surface area contributed by atoms with Gasteiger partial charge in [0.1, 0.15) is 11.5 Å². The van der Waals surface area contributed by atoms with Crippen LogP contribution in [-0.2, 0) is 4.74 Å². The summed E-state index contributed by atoms with van der Waals surface area (Å²) in [4.78, 5) is 1.25. The van der Waals surface area contributed by atoms with Crippen LogP contribution in [0.1, 0.15) is 110 Å². The third-order valence-corrected chi connectivity index (χ3v) is 8.59. The molecule has 40 heavy (non-hydrogen) atoms. The second kappa shape index (κ2) is 14.2. The van der Waals surface area contributed by atoms with Gasteiger partial charge in [0, 0.05) is 37.3 Å². The molecule has 1 spiro atoms. The van der Waals surface area contributed by atoms with Gasteiger partial charge in [0.15, 0.2) is 0 Å². The summed E-state index contributed by atoms with van der Waals surface area (Å²) in [7, 11) is -5.16. The van der Waals surface area contributed by atoms with Crippen molar-refractivity contribution in [1.29, 1.82) is 0 Å². The molecular formula is C34H52N2O4. The molecule has 3 aliphatic rings. The molecule has 2 saturated carbocycles. The summed E-state index contributed by atoms with van der Waals surface area (Å²) in [5.41, 5.74) is -0.717. The van der Waals surface area contributed by atoms with Gasteiger partial charge in [0.05, 0.1) is 42.9 Å². The lowest BCUT2D eigenvalue weighted by Gasteiger charge is -2.49. The molecule has 222 valence electrons. The predicted molar refractivity (Wildman–Crippen MR) is 162 cm³/mol. The van der Waals surface area contributed by atoms with Gasteiger partial charge in [-0.2, -0.15) is 0 Å². The zero-order chi connectivity index (χ0) is 42.9. The normalized spacial score (nSPS) is 32.4. The van der Waals surface area contributed by atoms with E-state index in [-0.39, 0.29) is 30.5 Å². The maximum absolute atomic E-state index is 11.3. The van der Waals surface area contributed by atoms with Crippen molar-refractivity contribution in [2.24, 2.45) is 0 Å². The number of nitrogens with zero attached hydrogens (tertiary/aromatic N) is 2. The lowest BCUT2D eigenvalue weighted by Crippen LogP contribution is -2.52. The predicted octanol–water partition coefficient (Wildman–Crippen LogP) is 6.44. The number of aliphatic hydroxyl groups is 1. The number of ether oxygens (including phenoxy) is 3. The molecule has 0 bridgehead atoms. The average molecular weight is 570 g/mol. The molecule has 0 aromatic heterocycles. The SMILES string of the molecule is [2H]C([2H])([2H])Oc1ccc(C(CN(C([2H])([2H])[2H])C([2H])([2H])[2H])C2(O)CCCCC2)cc1.[2H]C([2H])([2H])Oc1ccc(C2CN(C([2H])([2H])[2H])C([2H])([2H])OC23CCCCC3)cc1. The van der Waals surface area contributed by atoms with Crippen molar-refractivity contribution in [3.05, 3.63) is 59.7 Å². The number of likely N-dealkylation sites (N-methyl/N-ethyl adjacent to an activating group) is 2. The molecule has 2 aliphatic carbocycles. The Kier molecular flexibility index (Phi) is 5.45. The maximum Gasteiger partial charge on any atom is 0.118 e. The first kappa shape index (κ1) is 15.4. The minimum absolute atomic E-state index is 0.0109. The van der Waals surface area contributed by atoms with Crippen molar-refractivity contribution in [3.8, 4) is 11.5 Å². The first-order valence-corrected chi connectivity index (χ1v) is 14.0. The molecule has 0 radical (unpaired) electrons. The van der Waals surface area contributed by atoms with Crippen molar-refractivity contribution in [2.45, 2.75) is 87.2 Å². The van der Waals surface area contributed by atoms with E-state index < -0.39 is 58.8 Å². The van der Waals surface area contributed by atoms with Crippen molar-refractivity contribution in [2.75, 3.05) is 54.8 Å². The maximum atomic E-state index is 11.3. The van der Waals surface area contributed by atoms with Gasteiger partial charge >= 0.3 is 0 Å². The van der Waals surface area contributed by atoms with Gasteiger partial charge in [-0.15, -0.1) is 0 Å². The molecule has 1 N–H and O–H groups in total. The minimum Gasteiger partial charge on any atom is -0.497 e. The third kappa shape index (κ3) is 7.58. The van der Waals surface area contributed by atoms with Crippen LogP contribution >= 0.6 is 0 Å².